The van der Waals surface area contributed by atoms with E-state index in [1.807, 2.05) is 6.07 Å². The maximum absolute atomic E-state index is 13.9. The minimum atomic E-state index is -0.820. The van der Waals surface area contributed by atoms with E-state index in [2.05, 4.69) is 10.3 Å². The van der Waals surface area contributed by atoms with Gasteiger partial charge >= 0.3 is 10.8 Å². The third-order valence-corrected chi connectivity index (χ3v) is 10.0. The van der Waals surface area contributed by atoms with E-state index in [1.165, 1.54) is 21.6 Å². The average Bonchev–Trinajstić information content (AvgIpc) is 3.44. The second-order valence-corrected chi connectivity index (χ2v) is 12.3. The van der Waals surface area contributed by atoms with Crippen LogP contribution in [0, 0.1) is 5.92 Å². The number of halogens is 1. The van der Waals surface area contributed by atoms with Crippen molar-refractivity contribution in [3.8, 4) is 0 Å². The predicted molar refractivity (Wildman–Crippen MR) is 163 cm³/mol. The van der Waals surface area contributed by atoms with Gasteiger partial charge in [0.2, 0.25) is 17.7 Å². The van der Waals surface area contributed by atoms with E-state index in [9.17, 15) is 24.0 Å². The number of carbonyl (C=O) groups is 4. The van der Waals surface area contributed by atoms with E-state index >= 15 is 0 Å². The molecule has 218 valence electrons. The first kappa shape index (κ1) is 28.8. The molecule has 3 unspecified atom stereocenters. The number of carbonyl (C=O) groups excluding carboxylic acids is 4. The number of hydrogen-bond acceptors (Lipinski definition) is 9. The molecule has 0 spiro atoms. The first-order valence-corrected chi connectivity index (χ1v) is 15.3. The Morgan fingerprint density at radius 3 is 2.44 bits per heavy atom. The normalized spacial score (nSPS) is 19.1. The van der Waals surface area contributed by atoms with Gasteiger partial charge in [-0.1, -0.05) is 40.8 Å². The minimum Gasteiger partial charge on any atom is -0.462 e. The van der Waals surface area contributed by atoms with Gasteiger partial charge in [-0.05, 0) is 67.1 Å². The molecule has 1 fully saturated rings. The molecule has 3 amide bonds. The second-order valence-electron chi connectivity index (χ2n) is 9.79. The van der Waals surface area contributed by atoms with Crippen molar-refractivity contribution in [3.05, 3.63) is 104 Å². The van der Waals surface area contributed by atoms with Crippen molar-refractivity contribution in [2.75, 3.05) is 16.8 Å². The molecular formula is C30H23ClN4O6S2. The van der Waals surface area contributed by atoms with Crippen LogP contribution >= 0.6 is 34.7 Å². The third kappa shape index (κ3) is 5.37. The van der Waals surface area contributed by atoms with E-state index in [-0.39, 0.29) is 23.9 Å². The van der Waals surface area contributed by atoms with Gasteiger partial charge < -0.3 is 10.1 Å². The summed E-state index contributed by atoms with van der Waals surface area (Å²) in [5, 5.41) is 2.87. The fourth-order valence-electron chi connectivity index (χ4n) is 5.27. The predicted octanol–water partition coefficient (Wildman–Crippen LogP) is 4.57. The number of pyridine rings is 1. The standard InChI is InChI=1S/C30H23ClN4O6S2/c1-2-41-29(39)16-5-9-19(10-6-16)33-21(36)15-34-28-25(43-30(34)40)22(17-4-3-13-32-14-17)23-24(42-28)27(38)35(26(23)37)20-11-7-18(31)8-12-20/h3-14,22-24H,2,15H2,1H3,(H,33,36). The summed E-state index contributed by atoms with van der Waals surface area (Å²) in [5.74, 6) is -3.10. The third-order valence-electron chi connectivity index (χ3n) is 7.16. The lowest BCUT2D eigenvalue weighted by Crippen LogP contribution is -2.33. The number of ether oxygens (including phenoxy) is 1. The highest BCUT2D eigenvalue weighted by Gasteiger charge is 2.56. The van der Waals surface area contributed by atoms with Crippen LogP contribution in [0.2, 0.25) is 5.02 Å². The number of thiazole rings is 1. The Morgan fingerprint density at radius 1 is 1.02 bits per heavy atom. The molecule has 2 aliphatic heterocycles. The monoisotopic (exact) mass is 634 g/mol. The molecule has 0 saturated carbocycles. The minimum absolute atomic E-state index is 0.247. The molecule has 1 N–H and O–H groups in total. The van der Waals surface area contributed by atoms with Crippen LogP contribution in [-0.2, 0) is 25.7 Å². The largest absolute Gasteiger partial charge is 0.462 e. The highest BCUT2D eigenvalue weighted by Crippen LogP contribution is 2.53. The Balaban J connectivity index is 1.32. The van der Waals surface area contributed by atoms with E-state index in [0.717, 1.165) is 23.1 Å². The Bertz CT molecular complexity index is 1790. The second kappa shape index (κ2) is 11.8. The number of thioether (sulfide) groups is 1. The van der Waals surface area contributed by atoms with Gasteiger partial charge in [0.25, 0.3) is 0 Å². The molecule has 0 aliphatic carbocycles. The van der Waals surface area contributed by atoms with Crippen molar-refractivity contribution in [2.45, 2.75) is 29.7 Å². The van der Waals surface area contributed by atoms with Gasteiger partial charge in [-0.3, -0.25) is 28.7 Å². The lowest BCUT2D eigenvalue weighted by Gasteiger charge is -2.30. The molecule has 43 heavy (non-hydrogen) atoms. The molecule has 0 bridgehead atoms. The zero-order valence-electron chi connectivity index (χ0n) is 22.6. The SMILES string of the molecule is CCOC(=O)c1ccc(NC(=O)Cn2c3c(sc2=O)C(c2cccnc2)C2C(=O)N(c4ccc(Cl)cc4)C(=O)C2S3)cc1. The molecule has 0 radical (unpaired) electrons. The molecule has 3 atom stereocenters. The van der Waals surface area contributed by atoms with Gasteiger partial charge in [0.05, 0.1) is 28.8 Å². The summed E-state index contributed by atoms with van der Waals surface area (Å²) in [7, 11) is 0. The van der Waals surface area contributed by atoms with Gasteiger partial charge in [0.1, 0.15) is 11.8 Å². The number of amides is 3. The van der Waals surface area contributed by atoms with E-state index in [0.29, 0.717) is 37.4 Å². The highest BCUT2D eigenvalue weighted by atomic mass is 35.5. The quantitative estimate of drug-likeness (QED) is 0.231. The first-order chi connectivity index (χ1) is 20.8. The smallest absolute Gasteiger partial charge is 0.338 e. The number of imide groups is 1. The maximum atomic E-state index is 13.9. The molecule has 4 heterocycles. The number of benzene rings is 2. The summed E-state index contributed by atoms with van der Waals surface area (Å²) in [5.41, 5.74) is 1.89. The number of esters is 1. The Hall–Kier alpha value is -4.26. The van der Waals surface area contributed by atoms with Gasteiger partial charge in [0.15, 0.2) is 0 Å². The van der Waals surface area contributed by atoms with Crippen molar-refractivity contribution >= 4 is 69.8 Å². The van der Waals surface area contributed by atoms with Crippen LogP contribution in [0.4, 0.5) is 11.4 Å². The summed E-state index contributed by atoms with van der Waals surface area (Å²) in [4.78, 5) is 71.5. The van der Waals surface area contributed by atoms with Crippen molar-refractivity contribution in [2.24, 2.45) is 5.92 Å². The molecule has 13 heteroatoms. The zero-order chi connectivity index (χ0) is 30.2. The summed E-state index contributed by atoms with van der Waals surface area (Å²) in [6.07, 6.45) is 3.24. The zero-order valence-corrected chi connectivity index (χ0v) is 24.9. The topological polar surface area (TPSA) is 128 Å². The maximum Gasteiger partial charge on any atom is 0.338 e. The first-order valence-electron chi connectivity index (χ1n) is 13.3. The van der Waals surface area contributed by atoms with Crippen LogP contribution in [0.5, 0.6) is 0 Å². The molecule has 2 aromatic carbocycles. The molecular weight excluding hydrogens is 612 g/mol. The fraction of sp³-hybridized carbons (Fsp3) is 0.200. The number of hydrogen-bond donors (Lipinski definition) is 1. The van der Waals surface area contributed by atoms with Crippen molar-refractivity contribution in [1.29, 1.82) is 0 Å². The number of rotatable bonds is 7. The molecule has 6 rings (SSSR count). The van der Waals surface area contributed by atoms with Crippen LogP contribution < -0.4 is 15.1 Å². The van der Waals surface area contributed by atoms with Gasteiger partial charge in [-0.15, -0.1) is 0 Å². The number of nitrogens with one attached hydrogen (secondary N) is 1. The molecule has 2 aromatic heterocycles. The van der Waals surface area contributed by atoms with Crippen LogP contribution in [0.3, 0.4) is 0 Å². The van der Waals surface area contributed by atoms with E-state index < -0.39 is 34.9 Å². The molecule has 2 aliphatic rings. The van der Waals surface area contributed by atoms with E-state index in [4.69, 9.17) is 16.3 Å². The number of aromatic nitrogens is 2. The van der Waals surface area contributed by atoms with Crippen LogP contribution in [0.1, 0.15) is 33.6 Å². The van der Waals surface area contributed by atoms with Crippen molar-refractivity contribution in [1.82, 2.24) is 9.55 Å². The Labute approximate surface area is 258 Å². The number of nitrogens with zero attached hydrogens (tertiary/aromatic N) is 3. The molecule has 1 saturated heterocycles. The van der Waals surface area contributed by atoms with Gasteiger partial charge in [0, 0.05) is 33.9 Å². The Morgan fingerprint density at radius 2 is 1.77 bits per heavy atom. The summed E-state index contributed by atoms with van der Waals surface area (Å²) < 4.78 is 6.33. The lowest BCUT2D eigenvalue weighted by atomic mass is 9.84. The van der Waals surface area contributed by atoms with Crippen LogP contribution in [0.25, 0.3) is 0 Å². The summed E-state index contributed by atoms with van der Waals surface area (Å²) in [6.45, 7) is 1.65. The van der Waals surface area contributed by atoms with Crippen LogP contribution in [-0.4, -0.2) is 45.1 Å². The van der Waals surface area contributed by atoms with Gasteiger partial charge in [-0.2, -0.15) is 0 Å². The Kier molecular flexibility index (Phi) is 7.91. The van der Waals surface area contributed by atoms with Crippen molar-refractivity contribution < 1.29 is 23.9 Å². The number of anilines is 2. The lowest BCUT2D eigenvalue weighted by molar-refractivity contribution is -0.122. The highest BCUT2D eigenvalue weighted by molar-refractivity contribution is 8.00. The van der Waals surface area contributed by atoms with Crippen LogP contribution in [0.15, 0.2) is 82.9 Å². The number of fused-ring (bicyclic) bond motifs is 2. The summed E-state index contributed by atoms with van der Waals surface area (Å²) >= 11 is 8.12. The van der Waals surface area contributed by atoms with E-state index in [1.54, 1.807) is 61.8 Å². The fourth-order valence-corrected chi connectivity index (χ4v) is 8.17. The van der Waals surface area contributed by atoms with Crippen molar-refractivity contribution in [3.63, 3.8) is 0 Å². The molecule has 10 nitrogen and oxygen atoms in total. The van der Waals surface area contributed by atoms with Gasteiger partial charge in [-0.25, -0.2) is 9.69 Å². The summed E-state index contributed by atoms with van der Waals surface area (Å²) in [6, 6.07) is 16.2. The average molecular weight is 635 g/mol. The molecule has 4 aromatic rings.